The molecule has 2 aromatic carbocycles. The van der Waals surface area contributed by atoms with Crippen molar-refractivity contribution in [3.8, 4) is 0 Å². The van der Waals surface area contributed by atoms with Crippen LogP contribution in [0.4, 0.5) is 5.69 Å². The van der Waals surface area contributed by atoms with Gasteiger partial charge >= 0.3 is 5.97 Å². The summed E-state index contributed by atoms with van der Waals surface area (Å²) in [5.74, 6) is -1.72. The Hall–Kier alpha value is -2.17. The number of hydrogen-bond acceptors (Lipinski definition) is 6. The Morgan fingerprint density at radius 2 is 1.66 bits per heavy atom. The number of aliphatic hydroxyl groups is 1. The molecule has 174 valence electrons. The molecule has 3 N–H and O–H groups in total. The van der Waals surface area contributed by atoms with Gasteiger partial charge in [0.2, 0.25) is 10.0 Å². The molecule has 2 aromatic rings. The van der Waals surface area contributed by atoms with E-state index in [2.05, 4.69) is 10.0 Å². The van der Waals surface area contributed by atoms with Crippen molar-refractivity contribution < 1.29 is 27.9 Å². The van der Waals surface area contributed by atoms with E-state index in [9.17, 15) is 23.1 Å². The van der Waals surface area contributed by atoms with Crippen LogP contribution in [0.3, 0.4) is 0 Å². The number of carbonyl (C=O) groups excluding carboxylic acids is 2. The van der Waals surface area contributed by atoms with Gasteiger partial charge in [-0.2, -0.15) is 4.72 Å². The molecule has 0 spiro atoms. The third-order valence-corrected chi connectivity index (χ3v) is 6.68. The fourth-order valence-corrected chi connectivity index (χ4v) is 4.65. The number of anilines is 1. The van der Waals surface area contributed by atoms with Crippen LogP contribution in [0.15, 0.2) is 35.2 Å². The number of sulfonamides is 1. The summed E-state index contributed by atoms with van der Waals surface area (Å²) in [4.78, 5) is 24.4. The van der Waals surface area contributed by atoms with Crippen LogP contribution in [0, 0.1) is 20.8 Å². The van der Waals surface area contributed by atoms with Crippen LogP contribution in [0.1, 0.15) is 23.6 Å². The van der Waals surface area contributed by atoms with E-state index in [0.29, 0.717) is 5.69 Å². The van der Waals surface area contributed by atoms with E-state index in [1.165, 1.54) is 19.1 Å². The summed E-state index contributed by atoms with van der Waals surface area (Å²) in [6.45, 7) is 6.15. The Kier molecular flexibility index (Phi) is 8.67. The molecule has 0 aliphatic rings. The molecule has 0 radical (unpaired) electrons. The lowest BCUT2D eigenvalue weighted by Crippen LogP contribution is -2.48. The highest BCUT2D eigenvalue weighted by Crippen LogP contribution is 2.25. The van der Waals surface area contributed by atoms with Crippen LogP contribution in [-0.2, 0) is 24.3 Å². The number of aliphatic hydroxyl groups excluding tert-OH is 1. The zero-order chi connectivity index (χ0) is 24.2. The normalized spacial score (nSPS) is 13.3. The number of amides is 1. The van der Waals surface area contributed by atoms with Crippen LogP contribution in [0.5, 0.6) is 0 Å². The average molecular weight is 503 g/mol. The zero-order valence-corrected chi connectivity index (χ0v) is 20.2. The average Bonchev–Trinajstić information content (AvgIpc) is 2.68. The van der Waals surface area contributed by atoms with E-state index in [4.69, 9.17) is 27.9 Å². The monoisotopic (exact) mass is 502 g/mol. The van der Waals surface area contributed by atoms with Gasteiger partial charge < -0.3 is 15.2 Å². The Morgan fingerprint density at radius 3 is 2.19 bits per heavy atom. The second kappa shape index (κ2) is 10.6. The number of aryl methyl sites for hydroxylation is 3. The van der Waals surface area contributed by atoms with Crippen LogP contribution in [0.2, 0.25) is 10.0 Å². The van der Waals surface area contributed by atoms with Crippen molar-refractivity contribution in [2.24, 2.45) is 0 Å². The maximum atomic E-state index is 12.6. The number of nitrogens with one attached hydrogen (secondary N) is 2. The first-order valence-electron chi connectivity index (χ1n) is 9.51. The number of rotatable bonds is 8. The summed E-state index contributed by atoms with van der Waals surface area (Å²) in [6, 6.07) is 5.74. The van der Waals surface area contributed by atoms with Crippen molar-refractivity contribution in [3.63, 3.8) is 0 Å². The number of benzene rings is 2. The fourth-order valence-electron chi connectivity index (χ4n) is 3.00. The number of hydrogen-bond donors (Lipinski definition) is 3. The summed E-state index contributed by atoms with van der Waals surface area (Å²) in [7, 11) is -4.25. The predicted molar refractivity (Wildman–Crippen MR) is 122 cm³/mol. The summed E-state index contributed by atoms with van der Waals surface area (Å²) in [5.41, 5.74) is 3.33. The van der Waals surface area contributed by atoms with Gasteiger partial charge in [0, 0.05) is 5.69 Å². The molecule has 2 rings (SSSR count). The largest absolute Gasteiger partial charge is 0.454 e. The first-order chi connectivity index (χ1) is 14.8. The lowest BCUT2D eigenvalue weighted by atomic mass is 10.1. The third kappa shape index (κ3) is 6.66. The lowest BCUT2D eigenvalue weighted by Gasteiger charge is -2.20. The molecule has 0 fully saturated rings. The molecule has 0 saturated heterocycles. The third-order valence-electron chi connectivity index (χ3n) is 4.51. The molecule has 11 heteroatoms. The van der Waals surface area contributed by atoms with Gasteiger partial charge in [-0.1, -0.05) is 40.9 Å². The maximum Gasteiger partial charge on any atom is 0.327 e. The highest BCUT2D eigenvalue weighted by Gasteiger charge is 2.31. The number of esters is 1. The predicted octanol–water partition coefficient (Wildman–Crippen LogP) is 3.13. The second-order valence-electron chi connectivity index (χ2n) is 7.35. The molecule has 1 amide bonds. The Morgan fingerprint density at radius 1 is 1.06 bits per heavy atom. The molecule has 0 aromatic heterocycles. The Balaban J connectivity index is 2.07. The fraction of sp³-hybridized carbons (Fsp3) is 0.333. The quantitative estimate of drug-likeness (QED) is 0.476. The van der Waals surface area contributed by atoms with Crippen molar-refractivity contribution >= 4 is 50.8 Å². The number of carbonyl (C=O) groups is 2. The maximum absolute atomic E-state index is 12.6. The first kappa shape index (κ1) is 26.1. The van der Waals surface area contributed by atoms with Crippen molar-refractivity contribution in [1.29, 1.82) is 0 Å². The van der Waals surface area contributed by atoms with Crippen molar-refractivity contribution in [1.82, 2.24) is 4.72 Å². The zero-order valence-electron chi connectivity index (χ0n) is 17.9. The summed E-state index contributed by atoms with van der Waals surface area (Å²) < 4.78 is 32.2. The van der Waals surface area contributed by atoms with Gasteiger partial charge in [0.15, 0.2) is 6.61 Å². The van der Waals surface area contributed by atoms with Crippen LogP contribution < -0.4 is 10.0 Å². The molecule has 0 bridgehead atoms. The number of ether oxygens (including phenoxy) is 1. The molecule has 0 aliphatic heterocycles. The molecule has 0 heterocycles. The van der Waals surface area contributed by atoms with Crippen LogP contribution in [0.25, 0.3) is 0 Å². The molecule has 0 unspecified atom stereocenters. The van der Waals surface area contributed by atoms with Gasteiger partial charge in [-0.05, 0) is 57.0 Å². The Bertz CT molecular complexity index is 1110. The minimum absolute atomic E-state index is 0.00378. The van der Waals surface area contributed by atoms with Crippen molar-refractivity contribution in [3.05, 3.63) is 57.1 Å². The highest BCUT2D eigenvalue weighted by molar-refractivity contribution is 7.89. The summed E-state index contributed by atoms with van der Waals surface area (Å²) in [5, 5.41) is 12.7. The van der Waals surface area contributed by atoms with E-state index in [1.807, 2.05) is 32.9 Å². The SMILES string of the molecule is Cc1cc(C)c(NC(=O)COC(=O)[C@H](NS(=O)(=O)c2ccc(Cl)c(Cl)c2)[C@@H](C)O)c(C)c1. The number of halogens is 2. The van der Waals surface area contributed by atoms with Crippen molar-refractivity contribution in [2.75, 3.05) is 11.9 Å². The van der Waals surface area contributed by atoms with Gasteiger partial charge in [0.05, 0.1) is 21.0 Å². The summed E-state index contributed by atoms with van der Waals surface area (Å²) in [6.07, 6.45) is -1.44. The molecule has 8 nitrogen and oxygen atoms in total. The minimum atomic E-state index is -4.25. The Labute approximate surface area is 196 Å². The minimum Gasteiger partial charge on any atom is -0.454 e. The van der Waals surface area contributed by atoms with E-state index < -0.39 is 40.7 Å². The highest BCUT2D eigenvalue weighted by atomic mass is 35.5. The van der Waals surface area contributed by atoms with E-state index >= 15 is 0 Å². The molecular weight excluding hydrogens is 479 g/mol. The van der Waals surface area contributed by atoms with Gasteiger partial charge in [-0.15, -0.1) is 0 Å². The van der Waals surface area contributed by atoms with Crippen molar-refractivity contribution in [2.45, 2.75) is 44.7 Å². The van der Waals surface area contributed by atoms with Gasteiger partial charge in [0.1, 0.15) is 6.04 Å². The van der Waals surface area contributed by atoms with Gasteiger partial charge in [-0.3, -0.25) is 9.59 Å². The molecular formula is C21H24Cl2N2O6S. The van der Waals surface area contributed by atoms with Crippen LogP contribution in [-0.4, -0.2) is 44.2 Å². The standard InChI is InChI=1S/C21H24Cl2N2O6S/c1-11-7-12(2)19(13(3)8-11)24-18(27)10-31-21(28)20(14(4)26)25-32(29,30)15-5-6-16(22)17(23)9-15/h5-9,14,20,25-26H,10H2,1-4H3,(H,24,27)/t14-,20-/m1/s1. The second-order valence-corrected chi connectivity index (χ2v) is 9.87. The van der Waals surface area contributed by atoms with E-state index in [0.717, 1.165) is 22.8 Å². The molecule has 0 saturated carbocycles. The molecule has 0 aliphatic carbocycles. The smallest absolute Gasteiger partial charge is 0.327 e. The topological polar surface area (TPSA) is 122 Å². The van der Waals surface area contributed by atoms with Gasteiger partial charge in [0.25, 0.3) is 5.91 Å². The molecule has 32 heavy (non-hydrogen) atoms. The van der Waals surface area contributed by atoms with E-state index in [1.54, 1.807) is 0 Å². The first-order valence-corrected chi connectivity index (χ1v) is 11.8. The molecule has 2 atom stereocenters. The van der Waals surface area contributed by atoms with Crippen LogP contribution >= 0.6 is 23.2 Å². The van der Waals surface area contributed by atoms with E-state index in [-0.39, 0.29) is 14.9 Å². The van der Waals surface area contributed by atoms with Gasteiger partial charge in [-0.25, -0.2) is 8.42 Å². The lowest BCUT2D eigenvalue weighted by molar-refractivity contribution is -0.151. The summed E-state index contributed by atoms with van der Waals surface area (Å²) >= 11 is 11.6.